The maximum atomic E-state index is 12.1. The van der Waals surface area contributed by atoms with Gasteiger partial charge in [-0.2, -0.15) is 0 Å². The van der Waals surface area contributed by atoms with Crippen molar-refractivity contribution in [1.82, 2.24) is 0 Å². The first-order valence-corrected chi connectivity index (χ1v) is 5.22. The van der Waals surface area contributed by atoms with E-state index in [0.717, 1.165) is 23.5 Å². The van der Waals surface area contributed by atoms with Crippen LogP contribution in [0.4, 0.5) is 13.2 Å². The van der Waals surface area contributed by atoms with E-state index in [2.05, 4.69) is 11.3 Å². The zero-order valence-electron chi connectivity index (χ0n) is 9.77. The number of allylic oxidation sites excluding steroid dienone is 1. The number of hydrogen-bond donors (Lipinski definition) is 0. The largest absolute Gasteiger partial charge is 0.573 e. The normalized spacial score (nSPS) is 11.6. The summed E-state index contributed by atoms with van der Waals surface area (Å²) >= 11 is 0. The highest BCUT2D eigenvalue weighted by atomic mass is 19.4. The monoisotopic (exact) mass is 243 g/mol. The van der Waals surface area contributed by atoms with Gasteiger partial charge >= 0.3 is 6.36 Å². The van der Waals surface area contributed by atoms with Crippen molar-refractivity contribution in [3.05, 3.63) is 47.9 Å². The molecule has 93 valence electrons. The van der Waals surface area contributed by atoms with E-state index in [1.165, 1.54) is 12.1 Å². The first-order chi connectivity index (χ1) is 7.87. The molecular weight excluding hydrogens is 229 g/mol. The van der Waals surface area contributed by atoms with Crippen LogP contribution in [0.2, 0.25) is 0 Å². The molecule has 1 aromatic rings. The zero-order valence-corrected chi connectivity index (χ0v) is 9.77. The predicted octanol–water partition coefficient (Wildman–Crippen LogP) is 4.28. The first kappa shape index (κ1) is 13.6. The summed E-state index contributed by atoms with van der Waals surface area (Å²) in [6.45, 7) is 7.36. The lowest BCUT2D eigenvalue weighted by Gasteiger charge is -2.15. The molecule has 0 unspecified atom stereocenters. The van der Waals surface area contributed by atoms with Gasteiger partial charge in [-0.3, -0.25) is 0 Å². The standard InChI is InChI=1S/C13H14F3O/c1-4-9(3)12-8-11(17-13(14,15)16)7-6-10(12)5-2/h4,6-8H,1,5H2,2-3H3. The van der Waals surface area contributed by atoms with Crippen molar-refractivity contribution >= 4 is 0 Å². The Kier molecular flexibility index (Phi) is 4.21. The molecule has 4 heteroatoms. The molecule has 0 aliphatic rings. The smallest absolute Gasteiger partial charge is 0.406 e. The Hall–Kier alpha value is -1.45. The Morgan fingerprint density at radius 2 is 2.06 bits per heavy atom. The summed E-state index contributed by atoms with van der Waals surface area (Å²) in [5.41, 5.74) is 1.71. The highest BCUT2D eigenvalue weighted by Crippen LogP contribution is 2.29. The third-order valence-corrected chi connectivity index (χ3v) is 2.43. The van der Waals surface area contributed by atoms with Crippen molar-refractivity contribution in [3.63, 3.8) is 0 Å². The van der Waals surface area contributed by atoms with E-state index in [4.69, 9.17) is 0 Å². The third kappa shape index (κ3) is 3.80. The number of rotatable bonds is 4. The van der Waals surface area contributed by atoms with Crippen LogP contribution < -0.4 is 4.74 Å². The second-order valence-electron chi connectivity index (χ2n) is 3.61. The molecule has 0 spiro atoms. The second-order valence-corrected chi connectivity index (χ2v) is 3.61. The van der Waals surface area contributed by atoms with Crippen LogP contribution in [0.25, 0.3) is 0 Å². The first-order valence-electron chi connectivity index (χ1n) is 5.22. The van der Waals surface area contributed by atoms with E-state index in [9.17, 15) is 13.2 Å². The van der Waals surface area contributed by atoms with Crippen LogP contribution in [0.3, 0.4) is 0 Å². The quantitative estimate of drug-likeness (QED) is 0.767. The highest BCUT2D eigenvalue weighted by molar-refractivity contribution is 5.46. The third-order valence-electron chi connectivity index (χ3n) is 2.43. The molecule has 17 heavy (non-hydrogen) atoms. The summed E-state index contributed by atoms with van der Waals surface area (Å²) < 4.78 is 40.2. The van der Waals surface area contributed by atoms with Crippen LogP contribution in [0.15, 0.2) is 30.9 Å². The molecule has 0 aliphatic carbocycles. The van der Waals surface area contributed by atoms with Gasteiger partial charge in [0.1, 0.15) is 5.75 Å². The van der Waals surface area contributed by atoms with E-state index in [-0.39, 0.29) is 5.75 Å². The highest BCUT2D eigenvalue weighted by Gasteiger charge is 2.31. The lowest BCUT2D eigenvalue weighted by molar-refractivity contribution is -0.274. The van der Waals surface area contributed by atoms with Crippen LogP contribution in [0, 0.1) is 5.92 Å². The van der Waals surface area contributed by atoms with Gasteiger partial charge in [-0.25, -0.2) is 0 Å². The average molecular weight is 243 g/mol. The summed E-state index contributed by atoms with van der Waals surface area (Å²) in [7, 11) is 0. The molecule has 0 atom stereocenters. The van der Waals surface area contributed by atoms with Gasteiger partial charge in [0, 0.05) is 5.92 Å². The van der Waals surface area contributed by atoms with Gasteiger partial charge in [-0.1, -0.05) is 26.0 Å². The molecule has 0 N–H and O–H groups in total. The number of benzene rings is 1. The summed E-state index contributed by atoms with van der Waals surface area (Å²) in [4.78, 5) is 0. The van der Waals surface area contributed by atoms with Gasteiger partial charge in [0.2, 0.25) is 0 Å². The molecule has 0 aliphatic heterocycles. The molecule has 0 saturated heterocycles. The Balaban J connectivity index is 3.08. The van der Waals surface area contributed by atoms with E-state index in [0.29, 0.717) is 0 Å². The van der Waals surface area contributed by atoms with E-state index in [1.54, 1.807) is 19.1 Å². The van der Waals surface area contributed by atoms with Crippen molar-refractivity contribution < 1.29 is 17.9 Å². The molecule has 0 bridgehead atoms. The Morgan fingerprint density at radius 3 is 2.53 bits per heavy atom. The topological polar surface area (TPSA) is 9.23 Å². The zero-order chi connectivity index (χ0) is 13.1. The van der Waals surface area contributed by atoms with Crippen molar-refractivity contribution in [3.8, 4) is 5.75 Å². The predicted molar refractivity (Wildman–Crippen MR) is 60.7 cm³/mol. The molecule has 0 amide bonds. The minimum atomic E-state index is -4.66. The van der Waals surface area contributed by atoms with Crippen LogP contribution in [-0.4, -0.2) is 6.36 Å². The number of aryl methyl sites for hydroxylation is 1. The Morgan fingerprint density at radius 1 is 1.41 bits per heavy atom. The SMILES string of the molecule is C=C[C](C)c1cc(OC(F)(F)F)ccc1CC. The molecule has 1 aromatic carbocycles. The van der Waals surface area contributed by atoms with Crippen molar-refractivity contribution in [1.29, 1.82) is 0 Å². The molecule has 1 rings (SSSR count). The van der Waals surface area contributed by atoms with Crippen LogP contribution in [-0.2, 0) is 6.42 Å². The van der Waals surface area contributed by atoms with Gasteiger partial charge in [0.05, 0.1) is 0 Å². The Bertz CT molecular complexity index is 396. The van der Waals surface area contributed by atoms with Gasteiger partial charge in [0.15, 0.2) is 0 Å². The fourth-order valence-corrected chi connectivity index (χ4v) is 1.54. The summed E-state index contributed by atoms with van der Waals surface area (Å²) in [5.74, 6) is 0.625. The van der Waals surface area contributed by atoms with Crippen molar-refractivity contribution in [2.45, 2.75) is 26.6 Å². The maximum absolute atomic E-state index is 12.1. The van der Waals surface area contributed by atoms with E-state index < -0.39 is 6.36 Å². The van der Waals surface area contributed by atoms with E-state index >= 15 is 0 Å². The number of alkyl halides is 3. The van der Waals surface area contributed by atoms with Gasteiger partial charge in [-0.05, 0) is 29.7 Å². The van der Waals surface area contributed by atoms with Crippen molar-refractivity contribution in [2.75, 3.05) is 0 Å². The number of halogens is 3. The van der Waals surface area contributed by atoms with Gasteiger partial charge < -0.3 is 4.74 Å². The lowest BCUT2D eigenvalue weighted by Crippen LogP contribution is -2.17. The minimum Gasteiger partial charge on any atom is -0.406 e. The Labute approximate surface area is 98.9 Å². The fraction of sp³-hybridized carbons (Fsp3) is 0.308. The molecule has 0 fully saturated rings. The molecular formula is C13H14F3O. The van der Waals surface area contributed by atoms with Gasteiger partial charge in [-0.15, -0.1) is 19.8 Å². The minimum absolute atomic E-state index is 0.203. The van der Waals surface area contributed by atoms with Crippen LogP contribution >= 0.6 is 0 Å². The van der Waals surface area contributed by atoms with Gasteiger partial charge in [0.25, 0.3) is 0 Å². The molecule has 0 heterocycles. The molecule has 1 radical (unpaired) electrons. The second kappa shape index (κ2) is 5.25. The molecule has 1 nitrogen and oxygen atoms in total. The van der Waals surface area contributed by atoms with Crippen LogP contribution in [0.1, 0.15) is 25.0 Å². The molecule has 0 aromatic heterocycles. The molecule has 0 saturated carbocycles. The van der Waals surface area contributed by atoms with Crippen LogP contribution in [0.5, 0.6) is 5.75 Å². The fourth-order valence-electron chi connectivity index (χ4n) is 1.54. The summed E-state index contributed by atoms with van der Waals surface area (Å²) in [5, 5.41) is 0. The number of hydrogen-bond acceptors (Lipinski definition) is 1. The maximum Gasteiger partial charge on any atom is 0.573 e. The van der Waals surface area contributed by atoms with Crippen molar-refractivity contribution in [2.24, 2.45) is 0 Å². The number of ether oxygens (including phenoxy) is 1. The average Bonchev–Trinajstić information content (AvgIpc) is 2.25. The summed E-state index contributed by atoms with van der Waals surface area (Å²) in [6, 6.07) is 4.36. The van der Waals surface area contributed by atoms with E-state index in [1.807, 2.05) is 6.92 Å². The lowest BCUT2D eigenvalue weighted by atomic mass is 9.94. The summed E-state index contributed by atoms with van der Waals surface area (Å²) in [6.07, 6.45) is -2.30.